The van der Waals surface area contributed by atoms with Crippen LogP contribution in [0.3, 0.4) is 0 Å². The summed E-state index contributed by atoms with van der Waals surface area (Å²) in [6.07, 6.45) is 4.82. The lowest BCUT2D eigenvalue weighted by molar-refractivity contribution is -0.138. The van der Waals surface area contributed by atoms with E-state index in [1.165, 1.54) is 12.2 Å². The van der Waals surface area contributed by atoms with Gasteiger partial charge < -0.3 is 21.1 Å². The van der Waals surface area contributed by atoms with Crippen molar-refractivity contribution in [3.63, 3.8) is 0 Å². The highest BCUT2D eigenvalue weighted by Gasteiger charge is 2.81. The molecule has 3 atom stereocenters. The van der Waals surface area contributed by atoms with Crippen molar-refractivity contribution in [2.24, 2.45) is 11.1 Å². The zero-order valence-electron chi connectivity index (χ0n) is 9.84. The molecule has 5 nitrogen and oxygen atoms in total. The average molecular weight is 239 g/mol. The second-order valence-corrected chi connectivity index (χ2v) is 5.36. The van der Waals surface area contributed by atoms with Crippen molar-refractivity contribution >= 4 is 5.97 Å². The lowest BCUT2D eigenvalue weighted by Gasteiger charge is -2.17. The van der Waals surface area contributed by atoms with Gasteiger partial charge in [0.2, 0.25) is 0 Å². The summed E-state index contributed by atoms with van der Waals surface area (Å²) >= 11 is 0. The fraction of sp³-hybridized carbons (Fsp3) is 0.583. The molecule has 3 unspecified atom stereocenters. The summed E-state index contributed by atoms with van der Waals surface area (Å²) in [6.45, 7) is 3.52. The predicted octanol–water partition coefficient (Wildman–Crippen LogP) is -0.213. The number of rotatable bonds is 3. The Labute approximate surface area is 99.2 Å². The lowest BCUT2D eigenvalue weighted by atomic mass is 9.97. The van der Waals surface area contributed by atoms with E-state index >= 15 is 0 Å². The van der Waals surface area contributed by atoms with Crippen LogP contribution in [-0.2, 0) is 4.79 Å². The number of aliphatic hydroxyl groups is 2. The molecule has 0 spiro atoms. The molecule has 0 saturated heterocycles. The molecule has 2 aliphatic rings. The van der Waals surface area contributed by atoms with Crippen LogP contribution in [0.5, 0.6) is 0 Å². The van der Waals surface area contributed by atoms with E-state index in [0.29, 0.717) is 5.57 Å². The van der Waals surface area contributed by atoms with Gasteiger partial charge in [0.05, 0.1) is 0 Å². The molecule has 0 radical (unpaired) electrons. The minimum atomic E-state index is -1.32. The first-order valence-corrected chi connectivity index (χ1v) is 5.50. The van der Waals surface area contributed by atoms with Crippen LogP contribution in [0.2, 0.25) is 0 Å². The highest BCUT2D eigenvalue weighted by atomic mass is 16.4. The average Bonchev–Trinajstić information content (AvgIpc) is 2.56. The normalized spacial score (nSPS) is 39.2. The summed E-state index contributed by atoms with van der Waals surface area (Å²) in [6, 6.07) is -0.998. The molecule has 0 aliphatic heterocycles. The number of hydrogen-bond donors (Lipinski definition) is 4. The summed E-state index contributed by atoms with van der Waals surface area (Å²) in [5.74, 6) is -1.08. The number of carboxylic acids is 1. The molecule has 1 fully saturated rings. The van der Waals surface area contributed by atoms with Gasteiger partial charge >= 0.3 is 5.97 Å². The maximum absolute atomic E-state index is 10.6. The van der Waals surface area contributed by atoms with Crippen LogP contribution in [0.25, 0.3) is 0 Å². The maximum Gasteiger partial charge on any atom is 0.320 e. The van der Waals surface area contributed by atoms with E-state index in [9.17, 15) is 15.0 Å². The van der Waals surface area contributed by atoms with Gasteiger partial charge in [-0.2, -0.15) is 0 Å². The fourth-order valence-corrected chi connectivity index (χ4v) is 2.53. The third-order valence-electron chi connectivity index (χ3n) is 4.13. The van der Waals surface area contributed by atoms with Crippen molar-refractivity contribution in [1.29, 1.82) is 0 Å². The molecule has 17 heavy (non-hydrogen) atoms. The summed E-state index contributed by atoms with van der Waals surface area (Å²) in [4.78, 5) is 10.6. The van der Waals surface area contributed by atoms with Crippen LogP contribution >= 0.6 is 0 Å². The Morgan fingerprint density at radius 1 is 1.41 bits per heavy atom. The maximum atomic E-state index is 10.6. The van der Waals surface area contributed by atoms with Crippen molar-refractivity contribution in [3.8, 4) is 0 Å². The largest absolute Gasteiger partial charge is 0.480 e. The number of allylic oxidation sites excluding steroid dienone is 1. The van der Waals surface area contributed by atoms with Crippen molar-refractivity contribution in [1.82, 2.24) is 0 Å². The minimum Gasteiger partial charge on any atom is -0.480 e. The van der Waals surface area contributed by atoms with Crippen LogP contribution in [0.15, 0.2) is 23.8 Å². The molecule has 5 N–H and O–H groups in total. The third-order valence-corrected chi connectivity index (χ3v) is 4.13. The Balaban J connectivity index is 2.21. The van der Waals surface area contributed by atoms with Crippen LogP contribution in [-0.4, -0.2) is 38.5 Å². The van der Waals surface area contributed by atoms with Gasteiger partial charge in [0.15, 0.2) is 0 Å². The topological polar surface area (TPSA) is 104 Å². The van der Waals surface area contributed by atoms with Gasteiger partial charge in [0.25, 0.3) is 0 Å². The SMILES string of the molecule is CC1(C)C2(O)C=CC(CC(N)C(=O)O)=CC12O. The second-order valence-electron chi connectivity index (χ2n) is 5.36. The molecule has 2 rings (SSSR count). The first kappa shape index (κ1) is 12.3. The second kappa shape index (κ2) is 3.19. The smallest absolute Gasteiger partial charge is 0.320 e. The Kier molecular flexibility index (Phi) is 2.30. The molecule has 0 aromatic carbocycles. The third kappa shape index (κ3) is 1.33. The van der Waals surface area contributed by atoms with E-state index in [1.807, 2.05) is 0 Å². The van der Waals surface area contributed by atoms with Gasteiger partial charge in [-0.3, -0.25) is 4.79 Å². The molecule has 1 saturated carbocycles. The molecular formula is C12H17NO4. The zero-order valence-corrected chi connectivity index (χ0v) is 9.84. The minimum absolute atomic E-state index is 0.139. The Bertz CT molecular complexity index is 440. The highest BCUT2D eigenvalue weighted by molar-refractivity contribution is 5.73. The van der Waals surface area contributed by atoms with Crippen LogP contribution in [0.1, 0.15) is 20.3 Å². The standard InChI is InChI=1S/C12H17NO4/c1-10(2)11(16)4-3-7(6-12(10,11)17)5-8(13)9(14)15/h3-4,6,8,16-17H,5,13H2,1-2H3,(H,14,15). The van der Waals surface area contributed by atoms with Crippen LogP contribution in [0, 0.1) is 5.41 Å². The summed E-state index contributed by atoms with van der Waals surface area (Å²) < 4.78 is 0. The predicted molar refractivity (Wildman–Crippen MR) is 61.1 cm³/mol. The van der Waals surface area contributed by atoms with Gasteiger partial charge in [-0.25, -0.2) is 0 Å². The number of carboxylic acid groups (broad SMARTS) is 1. The van der Waals surface area contributed by atoms with Crippen molar-refractivity contribution in [3.05, 3.63) is 23.8 Å². The molecule has 0 heterocycles. The Hall–Kier alpha value is -1.17. The van der Waals surface area contributed by atoms with Crippen molar-refractivity contribution in [2.45, 2.75) is 37.5 Å². The van der Waals surface area contributed by atoms with E-state index in [1.54, 1.807) is 19.9 Å². The number of hydrogen-bond acceptors (Lipinski definition) is 4. The summed E-state index contributed by atoms with van der Waals surface area (Å²) in [5, 5.41) is 29.2. The molecule has 5 heteroatoms. The van der Waals surface area contributed by atoms with Gasteiger partial charge in [-0.15, -0.1) is 0 Å². The van der Waals surface area contributed by atoms with E-state index in [-0.39, 0.29) is 6.42 Å². The molecule has 2 aliphatic carbocycles. The van der Waals surface area contributed by atoms with E-state index in [4.69, 9.17) is 10.8 Å². The highest BCUT2D eigenvalue weighted by Crippen LogP contribution is 2.68. The number of aliphatic carboxylic acids is 1. The monoisotopic (exact) mass is 239 g/mol. The Morgan fingerprint density at radius 2 is 2.00 bits per heavy atom. The van der Waals surface area contributed by atoms with Gasteiger partial charge in [0, 0.05) is 5.41 Å². The van der Waals surface area contributed by atoms with Crippen molar-refractivity contribution < 1.29 is 20.1 Å². The first-order chi connectivity index (χ1) is 7.66. The molecule has 94 valence electrons. The Morgan fingerprint density at radius 3 is 2.47 bits per heavy atom. The van der Waals surface area contributed by atoms with Crippen LogP contribution in [0.4, 0.5) is 0 Å². The van der Waals surface area contributed by atoms with E-state index < -0.39 is 28.6 Å². The number of carbonyl (C=O) groups is 1. The first-order valence-electron chi connectivity index (χ1n) is 5.50. The van der Waals surface area contributed by atoms with Gasteiger partial charge in [0.1, 0.15) is 17.2 Å². The fourth-order valence-electron chi connectivity index (χ4n) is 2.53. The van der Waals surface area contributed by atoms with E-state index in [0.717, 1.165) is 0 Å². The quantitative estimate of drug-likeness (QED) is 0.545. The molecule has 0 bridgehead atoms. The van der Waals surface area contributed by atoms with E-state index in [2.05, 4.69) is 0 Å². The van der Waals surface area contributed by atoms with Gasteiger partial charge in [-0.1, -0.05) is 19.9 Å². The summed E-state index contributed by atoms with van der Waals surface area (Å²) in [7, 11) is 0. The molecule has 0 aromatic rings. The zero-order chi connectivity index (χ0) is 13.1. The number of fused-ring (bicyclic) bond motifs is 1. The lowest BCUT2D eigenvalue weighted by Crippen LogP contribution is -2.31. The molecule has 0 amide bonds. The van der Waals surface area contributed by atoms with Gasteiger partial charge in [-0.05, 0) is 24.1 Å². The molecular weight excluding hydrogens is 222 g/mol. The van der Waals surface area contributed by atoms with Crippen LogP contribution < -0.4 is 5.73 Å². The molecule has 0 aromatic heterocycles. The summed E-state index contributed by atoms with van der Waals surface area (Å²) in [5.41, 5.74) is 2.84. The number of nitrogens with two attached hydrogens (primary N) is 1. The van der Waals surface area contributed by atoms with Crippen molar-refractivity contribution in [2.75, 3.05) is 0 Å².